The molecular formula is C20H35N3O3. The van der Waals surface area contributed by atoms with Crippen molar-refractivity contribution in [3.8, 4) is 0 Å². The van der Waals surface area contributed by atoms with E-state index in [0.717, 1.165) is 12.8 Å². The molecule has 2 fully saturated rings. The van der Waals surface area contributed by atoms with Gasteiger partial charge < -0.3 is 15.1 Å². The molecule has 2 rings (SSSR count). The molecule has 3 amide bonds. The lowest BCUT2D eigenvalue weighted by molar-refractivity contribution is -0.138. The second-order valence-corrected chi connectivity index (χ2v) is 8.97. The number of hydrogen-bond donors (Lipinski definition) is 1. The van der Waals surface area contributed by atoms with Crippen LogP contribution >= 0.6 is 0 Å². The highest BCUT2D eigenvalue weighted by molar-refractivity contribution is 5.79. The zero-order valence-corrected chi connectivity index (χ0v) is 16.8. The number of piperazine rings is 1. The molecule has 1 saturated carbocycles. The first-order chi connectivity index (χ1) is 12.2. The van der Waals surface area contributed by atoms with Crippen molar-refractivity contribution in [3.05, 3.63) is 0 Å². The predicted octanol–water partition coefficient (Wildman–Crippen LogP) is 2.04. The van der Waals surface area contributed by atoms with E-state index in [4.69, 9.17) is 0 Å². The first kappa shape index (κ1) is 20.7. The molecule has 0 radical (unpaired) electrons. The molecule has 6 nitrogen and oxygen atoms in total. The van der Waals surface area contributed by atoms with Gasteiger partial charge in [0.25, 0.3) is 0 Å². The standard InChI is InChI=1S/C20H35N3O3/c1-15-11-17(14-20(3,4)13-15)12-18(25)21-6-5-19(26)23-9-7-22(8-10-23)16(2)24/h15,17H,5-14H2,1-4H3,(H,21,25). The Balaban J connectivity index is 1.65. The summed E-state index contributed by atoms with van der Waals surface area (Å²) in [5.41, 5.74) is 0.320. The fourth-order valence-electron chi connectivity index (χ4n) is 4.77. The maximum atomic E-state index is 12.2. The minimum atomic E-state index is 0.0564. The molecule has 1 heterocycles. The minimum Gasteiger partial charge on any atom is -0.356 e. The maximum Gasteiger partial charge on any atom is 0.224 e. The topological polar surface area (TPSA) is 69.7 Å². The second kappa shape index (κ2) is 8.87. The second-order valence-electron chi connectivity index (χ2n) is 8.97. The highest BCUT2D eigenvalue weighted by Crippen LogP contribution is 2.42. The lowest BCUT2D eigenvalue weighted by Gasteiger charge is -2.38. The van der Waals surface area contributed by atoms with Crippen molar-refractivity contribution in [1.82, 2.24) is 15.1 Å². The molecule has 0 bridgehead atoms. The summed E-state index contributed by atoms with van der Waals surface area (Å²) in [5, 5.41) is 2.92. The predicted molar refractivity (Wildman–Crippen MR) is 101 cm³/mol. The maximum absolute atomic E-state index is 12.2. The average molecular weight is 366 g/mol. The summed E-state index contributed by atoms with van der Waals surface area (Å²) < 4.78 is 0. The van der Waals surface area contributed by atoms with Gasteiger partial charge in [-0.3, -0.25) is 14.4 Å². The van der Waals surface area contributed by atoms with Gasteiger partial charge in [0.05, 0.1) is 0 Å². The van der Waals surface area contributed by atoms with Gasteiger partial charge in [-0.1, -0.05) is 20.8 Å². The summed E-state index contributed by atoms with van der Waals surface area (Å²) in [7, 11) is 0. The van der Waals surface area contributed by atoms with Crippen LogP contribution in [0, 0.1) is 17.3 Å². The Bertz CT molecular complexity index is 524. The molecule has 1 N–H and O–H groups in total. The van der Waals surface area contributed by atoms with Crippen LogP contribution in [0.4, 0.5) is 0 Å². The molecule has 2 aliphatic rings. The van der Waals surface area contributed by atoms with Crippen LogP contribution < -0.4 is 5.32 Å². The smallest absolute Gasteiger partial charge is 0.224 e. The molecule has 0 aromatic carbocycles. The van der Waals surface area contributed by atoms with E-state index in [1.165, 1.54) is 6.42 Å². The fraction of sp³-hybridized carbons (Fsp3) is 0.850. The van der Waals surface area contributed by atoms with Gasteiger partial charge in [-0.05, 0) is 36.5 Å². The van der Waals surface area contributed by atoms with Crippen molar-refractivity contribution in [1.29, 1.82) is 0 Å². The Morgan fingerprint density at radius 1 is 1.04 bits per heavy atom. The van der Waals surface area contributed by atoms with Crippen molar-refractivity contribution in [2.75, 3.05) is 32.7 Å². The van der Waals surface area contributed by atoms with Crippen molar-refractivity contribution in [3.63, 3.8) is 0 Å². The molecule has 1 aliphatic heterocycles. The van der Waals surface area contributed by atoms with Crippen LogP contribution in [0.25, 0.3) is 0 Å². The quantitative estimate of drug-likeness (QED) is 0.810. The van der Waals surface area contributed by atoms with Gasteiger partial charge in [-0.2, -0.15) is 0 Å². The molecular weight excluding hydrogens is 330 g/mol. The number of hydrogen-bond acceptors (Lipinski definition) is 3. The van der Waals surface area contributed by atoms with Gasteiger partial charge in [0.1, 0.15) is 0 Å². The van der Waals surface area contributed by atoms with E-state index in [9.17, 15) is 14.4 Å². The number of nitrogens with zero attached hydrogens (tertiary/aromatic N) is 2. The van der Waals surface area contributed by atoms with Crippen molar-refractivity contribution < 1.29 is 14.4 Å². The van der Waals surface area contributed by atoms with E-state index in [1.807, 2.05) is 0 Å². The number of carbonyl (C=O) groups is 3. The number of amides is 3. The normalized spacial score (nSPS) is 25.7. The van der Waals surface area contributed by atoms with Crippen molar-refractivity contribution in [2.24, 2.45) is 17.3 Å². The molecule has 6 heteroatoms. The first-order valence-electron chi connectivity index (χ1n) is 9.96. The summed E-state index contributed by atoms with van der Waals surface area (Å²) in [6, 6.07) is 0. The molecule has 1 aliphatic carbocycles. The Labute approximate surface area is 157 Å². The van der Waals surface area contributed by atoms with Crippen LogP contribution in [0.15, 0.2) is 0 Å². The lowest BCUT2D eigenvalue weighted by atomic mass is 9.67. The zero-order valence-electron chi connectivity index (χ0n) is 16.8. The third-order valence-corrected chi connectivity index (χ3v) is 5.69. The first-order valence-corrected chi connectivity index (χ1v) is 9.96. The minimum absolute atomic E-state index is 0.0564. The molecule has 0 aromatic rings. The van der Waals surface area contributed by atoms with E-state index in [-0.39, 0.29) is 17.7 Å². The molecule has 2 unspecified atom stereocenters. The van der Waals surface area contributed by atoms with Crippen molar-refractivity contribution >= 4 is 17.7 Å². The lowest BCUT2D eigenvalue weighted by Crippen LogP contribution is -2.50. The highest BCUT2D eigenvalue weighted by atomic mass is 16.2. The zero-order chi connectivity index (χ0) is 19.3. The van der Waals surface area contributed by atoms with Gasteiger partial charge in [0, 0.05) is 52.5 Å². The summed E-state index contributed by atoms with van der Waals surface area (Å²) >= 11 is 0. The molecule has 1 saturated heterocycles. The largest absolute Gasteiger partial charge is 0.356 e. The third kappa shape index (κ3) is 6.29. The fourth-order valence-corrected chi connectivity index (χ4v) is 4.77. The van der Waals surface area contributed by atoms with Gasteiger partial charge >= 0.3 is 0 Å². The SMILES string of the molecule is CC(=O)N1CCN(C(=O)CCNC(=O)CC2CC(C)CC(C)(C)C2)CC1. The Morgan fingerprint density at radius 2 is 1.65 bits per heavy atom. The van der Waals surface area contributed by atoms with E-state index >= 15 is 0 Å². The van der Waals surface area contributed by atoms with Gasteiger partial charge in [-0.15, -0.1) is 0 Å². The van der Waals surface area contributed by atoms with Gasteiger partial charge in [-0.25, -0.2) is 0 Å². The van der Waals surface area contributed by atoms with Crippen molar-refractivity contribution in [2.45, 2.75) is 59.8 Å². The Hall–Kier alpha value is -1.59. The van der Waals surface area contributed by atoms with E-state index in [1.54, 1.807) is 16.7 Å². The molecule has 148 valence electrons. The van der Waals surface area contributed by atoms with E-state index in [2.05, 4.69) is 26.1 Å². The van der Waals surface area contributed by atoms with Gasteiger partial charge in [0.15, 0.2) is 0 Å². The summed E-state index contributed by atoms with van der Waals surface area (Å²) in [6.07, 6.45) is 4.36. The van der Waals surface area contributed by atoms with E-state index in [0.29, 0.717) is 62.8 Å². The number of rotatable bonds is 5. The summed E-state index contributed by atoms with van der Waals surface area (Å²) in [6.45, 7) is 11.2. The summed E-state index contributed by atoms with van der Waals surface area (Å²) in [5.74, 6) is 1.30. The summed E-state index contributed by atoms with van der Waals surface area (Å²) in [4.78, 5) is 39.3. The van der Waals surface area contributed by atoms with Gasteiger partial charge in [0.2, 0.25) is 17.7 Å². The van der Waals surface area contributed by atoms with Crippen LogP contribution in [0.2, 0.25) is 0 Å². The molecule has 0 spiro atoms. The molecule has 26 heavy (non-hydrogen) atoms. The molecule has 2 atom stereocenters. The average Bonchev–Trinajstić information content (AvgIpc) is 2.52. The van der Waals surface area contributed by atoms with Crippen LogP contribution in [0.3, 0.4) is 0 Å². The third-order valence-electron chi connectivity index (χ3n) is 5.69. The Morgan fingerprint density at radius 3 is 2.23 bits per heavy atom. The highest BCUT2D eigenvalue weighted by Gasteiger charge is 2.32. The Kier molecular flexibility index (Phi) is 7.07. The van der Waals surface area contributed by atoms with Crippen LogP contribution in [0.5, 0.6) is 0 Å². The van der Waals surface area contributed by atoms with Crippen LogP contribution in [0.1, 0.15) is 59.8 Å². The number of carbonyl (C=O) groups excluding carboxylic acids is 3. The van der Waals surface area contributed by atoms with Crippen LogP contribution in [-0.2, 0) is 14.4 Å². The number of nitrogens with one attached hydrogen (secondary N) is 1. The van der Waals surface area contributed by atoms with E-state index < -0.39 is 0 Å². The monoisotopic (exact) mass is 365 g/mol. The van der Waals surface area contributed by atoms with Crippen LogP contribution in [-0.4, -0.2) is 60.2 Å². The molecule has 0 aromatic heterocycles.